The maximum Gasteiger partial charge on any atom is -0.00460 e. The van der Waals surface area contributed by atoms with Crippen LogP contribution in [0.1, 0.15) is 64.5 Å². The summed E-state index contributed by atoms with van der Waals surface area (Å²) in [5.41, 5.74) is 3.38. The van der Waals surface area contributed by atoms with Crippen LogP contribution < -0.4 is 5.32 Å². The normalized spacial score (nSPS) is 15.2. The summed E-state index contributed by atoms with van der Waals surface area (Å²) in [5.74, 6) is 2.10. The second kappa shape index (κ2) is 7.98. The van der Waals surface area contributed by atoms with E-state index in [4.69, 9.17) is 0 Å². The Kier molecular flexibility index (Phi) is 6.93. The second-order valence-corrected chi connectivity index (χ2v) is 8.03. The molecule has 1 aromatic carbocycles. The molecule has 0 radical (unpaired) electrons. The first kappa shape index (κ1) is 18.2. The number of hydrogen-bond donors (Lipinski definition) is 1. The first-order chi connectivity index (χ1) is 9.76. The highest BCUT2D eigenvalue weighted by Crippen LogP contribution is 2.41. The van der Waals surface area contributed by atoms with E-state index < -0.39 is 0 Å². The third-order valence-electron chi connectivity index (χ3n) is 4.51. The Bertz CT molecular complexity index is 414. The van der Waals surface area contributed by atoms with Crippen molar-refractivity contribution in [1.29, 1.82) is 0 Å². The Hall–Kier alpha value is -0.820. The molecule has 0 saturated heterocycles. The van der Waals surface area contributed by atoms with Crippen molar-refractivity contribution < 1.29 is 0 Å². The molecular weight excluding hydrogens is 254 g/mol. The number of benzene rings is 1. The Morgan fingerprint density at radius 3 is 2.19 bits per heavy atom. The molecular formula is C20H35N. The van der Waals surface area contributed by atoms with Crippen LogP contribution in [-0.4, -0.2) is 13.6 Å². The summed E-state index contributed by atoms with van der Waals surface area (Å²) in [5, 5.41) is 3.34. The van der Waals surface area contributed by atoms with Gasteiger partial charge in [-0.3, -0.25) is 0 Å². The lowest BCUT2D eigenvalue weighted by atomic mass is 9.69. The molecule has 1 N–H and O–H groups in total. The third-order valence-corrected chi connectivity index (χ3v) is 4.51. The molecule has 1 heteroatoms. The van der Waals surface area contributed by atoms with Gasteiger partial charge in [-0.1, -0.05) is 58.9 Å². The van der Waals surface area contributed by atoms with Gasteiger partial charge in [0.05, 0.1) is 0 Å². The Morgan fingerprint density at radius 1 is 1.10 bits per heavy atom. The molecule has 0 heterocycles. The van der Waals surface area contributed by atoms with Gasteiger partial charge in [0, 0.05) is 0 Å². The van der Waals surface area contributed by atoms with E-state index in [1.807, 2.05) is 0 Å². The summed E-state index contributed by atoms with van der Waals surface area (Å²) in [7, 11) is 2.06. The van der Waals surface area contributed by atoms with Crippen molar-refractivity contribution >= 4 is 0 Å². The Balaban J connectivity index is 3.11. The highest BCUT2D eigenvalue weighted by molar-refractivity contribution is 5.30. The summed E-state index contributed by atoms with van der Waals surface area (Å²) < 4.78 is 0. The van der Waals surface area contributed by atoms with Gasteiger partial charge in [0.15, 0.2) is 0 Å². The van der Waals surface area contributed by atoms with Gasteiger partial charge in [0.25, 0.3) is 0 Å². The molecule has 0 aromatic heterocycles. The summed E-state index contributed by atoms with van der Waals surface area (Å²) in [6.07, 6.45) is 2.51. The minimum Gasteiger partial charge on any atom is -0.320 e. The van der Waals surface area contributed by atoms with E-state index in [-0.39, 0.29) is 0 Å². The van der Waals surface area contributed by atoms with E-state index in [1.165, 1.54) is 18.4 Å². The van der Waals surface area contributed by atoms with Gasteiger partial charge in [0.2, 0.25) is 0 Å². The fourth-order valence-corrected chi connectivity index (χ4v) is 3.45. The monoisotopic (exact) mass is 289 g/mol. The molecule has 0 fully saturated rings. The molecule has 1 aromatic rings. The lowest BCUT2D eigenvalue weighted by molar-refractivity contribution is 0.202. The molecule has 0 aliphatic rings. The minimum absolute atomic E-state index is 0.384. The minimum atomic E-state index is 0.384. The van der Waals surface area contributed by atoms with Crippen molar-refractivity contribution in [2.45, 2.75) is 60.3 Å². The topological polar surface area (TPSA) is 12.0 Å². The number of hydrogen-bond acceptors (Lipinski definition) is 1. The van der Waals surface area contributed by atoms with Crippen LogP contribution in [0.25, 0.3) is 0 Å². The lowest BCUT2D eigenvalue weighted by Gasteiger charge is -2.36. The van der Waals surface area contributed by atoms with Crippen LogP contribution in [0.3, 0.4) is 0 Å². The van der Waals surface area contributed by atoms with E-state index in [0.717, 1.165) is 12.5 Å². The lowest BCUT2D eigenvalue weighted by Crippen LogP contribution is -2.27. The highest BCUT2D eigenvalue weighted by atomic mass is 14.8. The van der Waals surface area contributed by atoms with Crippen LogP contribution in [-0.2, 0) is 0 Å². The van der Waals surface area contributed by atoms with Gasteiger partial charge >= 0.3 is 0 Å². The van der Waals surface area contributed by atoms with Crippen LogP contribution in [0.15, 0.2) is 24.3 Å². The van der Waals surface area contributed by atoms with Crippen molar-refractivity contribution in [1.82, 2.24) is 5.32 Å². The molecule has 2 unspecified atom stereocenters. The van der Waals surface area contributed by atoms with E-state index in [2.05, 4.69) is 78.2 Å². The zero-order valence-electron chi connectivity index (χ0n) is 15.2. The van der Waals surface area contributed by atoms with Crippen molar-refractivity contribution in [2.75, 3.05) is 13.6 Å². The molecule has 1 nitrogen and oxygen atoms in total. The fraction of sp³-hybridized carbons (Fsp3) is 0.700. The molecule has 2 atom stereocenters. The van der Waals surface area contributed by atoms with Crippen LogP contribution in [0, 0.1) is 24.2 Å². The number of nitrogens with one attached hydrogen (secondary N) is 1. The SMILES string of the molecule is CNCCC(c1ccccc1C)C(CC(C)(C)C)C(C)C. The third kappa shape index (κ3) is 5.82. The fourth-order valence-electron chi connectivity index (χ4n) is 3.45. The van der Waals surface area contributed by atoms with Crippen LogP contribution in [0.5, 0.6) is 0 Å². The van der Waals surface area contributed by atoms with Gasteiger partial charge in [-0.05, 0) is 67.7 Å². The van der Waals surface area contributed by atoms with E-state index in [0.29, 0.717) is 17.3 Å². The van der Waals surface area contributed by atoms with E-state index in [9.17, 15) is 0 Å². The summed E-state index contributed by atoms with van der Waals surface area (Å²) in [4.78, 5) is 0. The molecule has 1 rings (SSSR count). The van der Waals surface area contributed by atoms with Gasteiger partial charge < -0.3 is 5.32 Å². The van der Waals surface area contributed by atoms with Crippen molar-refractivity contribution in [2.24, 2.45) is 17.3 Å². The maximum atomic E-state index is 3.34. The predicted octanol–water partition coefficient (Wildman–Crippen LogP) is 5.40. The largest absolute Gasteiger partial charge is 0.320 e. The van der Waals surface area contributed by atoms with Crippen molar-refractivity contribution in [3.8, 4) is 0 Å². The number of aryl methyl sites for hydroxylation is 1. The van der Waals surface area contributed by atoms with Crippen LogP contribution in [0.4, 0.5) is 0 Å². The quantitative estimate of drug-likeness (QED) is 0.709. The molecule has 0 aliphatic carbocycles. The predicted molar refractivity (Wildman–Crippen MR) is 94.9 cm³/mol. The maximum absolute atomic E-state index is 3.34. The summed E-state index contributed by atoms with van der Waals surface area (Å²) >= 11 is 0. The molecule has 0 saturated carbocycles. The van der Waals surface area contributed by atoms with Gasteiger partial charge in [-0.2, -0.15) is 0 Å². The zero-order chi connectivity index (χ0) is 16.0. The Labute approximate surface area is 132 Å². The molecule has 0 amide bonds. The summed E-state index contributed by atoms with van der Waals surface area (Å²) in [6, 6.07) is 8.95. The van der Waals surface area contributed by atoms with Gasteiger partial charge in [0.1, 0.15) is 0 Å². The number of rotatable bonds is 7. The molecule has 120 valence electrons. The van der Waals surface area contributed by atoms with E-state index >= 15 is 0 Å². The molecule has 0 spiro atoms. The van der Waals surface area contributed by atoms with Gasteiger partial charge in [-0.15, -0.1) is 0 Å². The molecule has 0 bridgehead atoms. The average Bonchev–Trinajstić information content (AvgIpc) is 2.38. The van der Waals surface area contributed by atoms with Crippen molar-refractivity contribution in [3.63, 3.8) is 0 Å². The second-order valence-electron chi connectivity index (χ2n) is 8.03. The van der Waals surface area contributed by atoms with Crippen molar-refractivity contribution in [3.05, 3.63) is 35.4 Å². The molecule has 21 heavy (non-hydrogen) atoms. The average molecular weight is 290 g/mol. The zero-order valence-corrected chi connectivity index (χ0v) is 15.2. The van der Waals surface area contributed by atoms with E-state index in [1.54, 1.807) is 5.56 Å². The van der Waals surface area contributed by atoms with Crippen LogP contribution in [0.2, 0.25) is 0 Å². The van der Waals surface area contributed by atoms with Gasteiger partial charge in [-0.25, -0.2) is 0 Å². The first-order valence-electron chi connectivity index (χ1n) is 8.46. The highest BCUT2D eigenvalue weighted by Gasteiger charge is 2.30. The summed E-state index contributed by atoms with van der Waals surface area (Å²) in [6.45, 7) is 15.2. The Morgan fingerprint density at radius 2 is 1.71 bits per heavy atom. The first-order valence-corrected chi connectivity index (χ1v) is 8.46. The molecule has 0 aliphatic heterocycles. The standard InChI is InChI=1S/C20H35N/c1-15(2)19(14-20(4,5)6)18(12-13-21-7)17-11-9-8-10-16(17)3/h8-11,15,18-19,21H,12-14H2,1-7H3. The smallest absolute Gasteiger partial charge is 0.00460 e. The van der Waals surface area contributed by atoms with Crippen LogP contribution >= 0.6 is 0 Å².